The average molecular weight is 310 g/mol. The number of para-hydroxylation sites is 1. The zero-order valence-electron chi connectivity index (χ0n) is 13.0. The van der Waals surface area contributed by atoms with E-state index in [1.165, 1.54) is 24.8 Å². The van der Waals surface area contributed by atoms with Gasteiger partial charge in [-0.05, 0) is 45.0 Å². The Kier molecular flexibility index (Phi) is 5.65. The number of rotatable bonds is 6. The predicted molar refractivity (Wildman–Crippen MR) is 88.6 cm³/mol. The lowest BCUT2D eigenvalue weighted by Gasteiger charge is -2.39. The summed E-state index contributed by atoms with van der Waals surface area (Å²) in [7, 11) is -0.729. The van der Waals surface area contributed by atoms with E-state index in [-0.39, 0.29) is 5.75 Å². The number of piperidine rings is 1. The zero-order chi connectivity index (χ0) is 15.3. The van der Waals surface area contributed by atoms with Crippen molar-refractivity contribution in [2.24, 2.45) is 0 Å². The molecule has 0 N–H and O–H groups in total. The van der Waals surface area contributed by atoms with Gasteiger partial charge in [0.2, 0.25) is 0 Å². The van der Waals surface area contributed by atoms with E-state index in [2.05, 4.69) is 41.1 Å². The first-order valence-corrected chi connectivity index (χ1v) is 9.70. The van der Waals surface area contributed by atoms with Crippen LogP contribution in [0.2, 0.25) is 0 Å². The van der Waals surface area contributed by atoms with Crippen molar-refractivity contribution in [1.82, 2.24) is 4.90 Å². The van der Waals surface area contributed by atoms with Crippen LogP contribution in [0.15, 0.2) is 30.3 Å². The van der Waals surface area contributed by atoms with Gasteiger partial charge in [-0.15, -0.1) is 0 Å². The number of benzene rings is 1. The maximum atomic E-state index is 11.2. The second-order valence-electron chi connectivity index (χ2n) is 6.04. The summed E-state index contributed by atoms with van der Waals surface area (Å²) in [4.78, 5) is 4.75. The van der Waals surface area contributed by atoms with Gasteiger partial charge in [-0.2, -0.15) is 0 Å². The highest BCUT2D eigenvalue weighted by molar-refractivity contribution is 7.90. The van der Waals surface area contributed by atoms with Crippen LogP contribution in [-0.4, -0.2) is 58.1 Å². The van der Waals surface area contributed by atoms with Crippen LogP contribution in [0.3, 0.4) is 0 Å². The molecule has 1 saturated heterocycles. The van der Waals surface area contributed by atoms with E-state index in [0.29, 0.717) is 6.04 Å². The minimum Gasteiger partial charge on any atom is -0.370 e. The first kappa shape index (κ1) is 16.3. The highest BCUT2D eigenvalue weighted by atomic mass is 32.2. The number of hydrogen-bond donors (Lipinski definition) is 0. The van der Waals surface area contributed by atoms with Crippen LogP contribution < -0.4 is 4.90 Å². The third kappa shape index (κ3) is 5.32. The minimum atomic E-state index is -2.84. The van der Waals surface area contributed by atoms with Crippen LogP contribution in [0.5, 0.6) is 0 Å². The summed E-state index contributed by atoms with van der Waals surface area (Å²) >= 11 is 0. The molecule has 0 spiro atoms. The van der Waals surface area contributed by atoms with E-state index in [1.807, 2.05) is 6.07 Å². The molecule has 0 aliphatic carbocycles. The number of sulfone groups is 1. The van der Waals surface area contributed by atoms with Gasteiger partial charge in [-0.1, -0.05) is 18.2 Å². The molecule has 1 aromatic rings. The quantitative estimate of drug-likeness (QED) is 0.806. The maximum absolute atomic E-state index is 11.2. The van der Waals surface area contributed by atoms with Crippen molar-refractivity contribution in [3.63, 3.8) is 0 Å². The van der Waals surface area contributed by atoms with Crippen molar-refractivity contribution in [3.05, 3.63) is 30.3 Å². The Morgan fingerprint density at radius 2 is 2.00 bits per heavy atom. The van der Waals surface area contributed by atoms with Gasteiger partial charge in [0.25, 0.3) is 0 Å². The van der Waals surface area contributed by atoms with E-state index in [9.17, 15) is 8.42 Å². The first-order valence-electron chi connectivity index (χ1n) is 7.64. The Balaban J connectivity index is 1.86. The molecule has 0 unspecified atom stereocenters. The summed E-state index contributed by atoms with van der Waals surface area (Å²) < 4.78 is 22.4. The fourth-order valence-electron chi connectivity index (χ4n) is 2.95. The first-order chi connectivity index (χ1) is 9.96. The largest absolute Gasteiger partial charge is 0.370 e. The second-order valence-corrected chi connectivity index (χ2v) is 8.30. The van der Waals surface area contributed by atoms with Crippen molar-refractivity contribution in [1.29, 1.82) is 0 Å². The third-order valence-electron chi connectivity index (χ3n) is 4.17. The SMILES string of the molecule is CN(CCCS(C)(=O)=O)[C@@H]1CCCN(c2ccccc2)C1. The molecular formula is C16H26N2O2S. The molecule has 1 heterocycles. The van der Waals surface area contributed by atoms with Gasteiger partial charge in [0.15, 0.2) is 0 Å². The van der Waals surface area contributed by atoms with Crippen LogP contribution in [0.25, 0.3) is 0 Å². The van der Waals surface area contributed by atoms with Gasteiger partial charge >= 0.3 is 0 Å². The van der Waals surface area contributed by atoms with Crippen LogP contribution in [-0.2, 0) is 9.84 Å². The summed E-state index contributed by atoms with van der Waals surface area (Å²) in [6, 6.07) is 11.0. The molecule has 0 bridgehead atoms. The third-order valence-corrected chi connectivity index (χ3v) is 5.20. The highest BCUT2D eigenvalue weighted by Gasteiger charge is 2.23. The normalized spacial score (nSPS) is 20.0. The molecule has 5 heteroatoms. The van der Waals surface area contributed by atoms with Crippen molar-refractivity contribution < 1.29 is 8.42 Å². The van der Waals surface area contributed by atoms with Crippen LogP contribution >= 0.6 is 0 Å². The zero-order valence-corrected chi connectivity index (χ0v) is 13.8. The summed E-state index contributed by atoms with van der Waals surface area (Å²) in [6.45, 7) is 2.98. The topological polar surface area (TPSA) is 40.6 Å². The number of nitrogens with zero attached hydrogens (tertiary/aromatic N) is 2. The van der Waals surface area contributed by atoms with E-state index < -0.39 is 9.84 Å². The fraction of sp³-hybridized carbons (Fsp3) is 0.625. The lowest BCUT2D eigenvalue weighted by molar-refractivity contribution is 0.216. The van der Waals surface area contributed by atoms with E-state index >= 15 is 0 Å². The number of likely N-dealkylation sites (N-methyl/N-ethyl adjacent to an activating group) is 1. The van der Waals surface area contributed by atoms with Crippen molar-refractivity contribution in [2.45, 2.75) is 25.3 Å². The van der Waals surface area contributed by atoms with E-state index in [0.717, 1.165) is 26.1 Å². The van der Waals surface area contributed by atoms with Crippen LogP contribution in [0.1, 0.15) is 19.3 Å². The molecule has 1 aliphatic rings. The molecule has 0 amide bonds. The molecule has 2 rings (SSSR count). The molecule has 0 aromatic heterocycles. The van der Waals surface area contributed by atoms with Crippen LogP contribution in [0.4, 0.5) is 5.69 Å². The molecule has 1 fully saturated rings. The van der Waals surface area contributed by atoms with Crippen molar-refractivity contribution in [3.8, 4) is 0 Å². The summed E-state index contributed by atoms with van der Waals surface area (Å²) in [5.74, 6) is 0.284. The lowest BCUT2D eigenvalue weighted by Crippen LogP contribution is -2.47. The Morgan fingerprint density at radius 1 is 1.29 bits per heavy atom. The average Bonchev–Trinajstić information content (AvgIpc) is 2.47. The molecule has 0 radical (unpaired) electrons. The van der Waals surface area contributed by atoms with E-state index in [1.54, 1.807) is 0 Å². The van der Waals surface area contributed by atoms with Gasteiger partial charge in [0, 0.05) is 31.1 Å². The molecule has 21 heavy (non-hydrogen) atoms. The lowest BCUT2D eigenvalue weighted by atomic mass is 10.0. The van der Waals surface area contributed by atoms with Gasteiger partial charge in [-0.25, -0.2) is 8.42 Å². The maximum Gasteiger partial charge on any atom is 0.147 e. The molecule has 1 aliphatic heterocycles. The molecule has 118 valence electrons. The molecule has 1 aromatic carbocycles. The van der Waals surface area contributed by atoms with Gasteiger partial charge < -0.3 is 9.80 Å². The second kappa shape index (κ2) is 7.27. The highest BCUT2D eigenvalue weighted by Crippen LogP contribution is 2.21. The van der Waals surface area contributed by atoms with Crippen molar-refractivity contribution >= 4 is 15.5 Å². The van der Waals surface area contributed by atoms with Gasteiger partial charge in [0.05, 0.1) is 5.75 Å². The fourth-order valence-corrected chi connectivity index (χ4v) is 3.60. The number of anilines is 1. The van der Waals surface area contributed by atoms with E-state index in [4.69, 9.17) is 0 Å². The molecule has 1 atom stereocenters. The van der Waals surface area contributed by atoms with Crippen LogP contribution in [0, 0.1) is 0 Å². The summed E-state index contributed by atoms with van der Waals surface area (Å²) in [6.07, 6.45) is 4.41. The monoisotopic (exact) mass is 310 g/mol. The predicted octanol–water partition coefficient (Wildman–Crippen LogP) is 2.02. The smallest absolute Gasteiger partial charge is 0.147 e. The summed E-state index contributed by atoms with van der Waals surface area (Å²) in [5.41, 5.74) is 1.28. The van der Waals surface area contributed by atoms with Gasteiger partial charge in [0.1, 0.15) is 9.84 Å². The minimum absolute atomic E-state index is 0.284. The standard InChI is InChI=1S/C16H26N2O2S/c1-17(11-7-13-21(2,19)20)16-10-6-12-18(14-16)15-8-4-3-5-9-15/h3-5,8-9,16H,6-7,10-14H2,1-2H3/t16-/m1/s1. The Hall–Kier alpha value is -1.07. The Morgan fingerprint density at radius 3 is 2.67 bits per heavy atom. The van der Waals surface area contributed by atoms with Gasteiger partial charge in [-0.3, -0.25) is 0 Å². The van der Waals surface area contributed by atoms with Crippen molar-refractivity contribution in [2.75, 3.05) is 43.6 Å². The Bertz CT molecular complexity index is 530. The molecule has 0 saturated carbocycles. The molecule has 4 nitrogen and oxygen atoms in total. The summed E-state index contributed by atoms with van der Waals surface area (Å²) in [5, 5.41) is 0. The number of hydrogen-bond acceptors (Lipinski definition) is 4. The Labute approximate surface area is 128 Å². The molecular weight excluding hydrogens is 284 g/mol.